The third kappa shape index (κ3) is 3.30. The normalized spacial score (nSPS) is 13.5. The molecule has 0 aliphatic carbocycles. The SMILES string of the molecule is COCC(CCl)NS(=O)(=O)c1cccc2ccccc12. The summed E-state index contributed by atoms with van der Waals surface area (Å²) < 4.78 is 32.5. The van der Waals surface area contributed by atoms with Gasteiger partial charge in [0.1, 0.15) is 0 Å². The van der Waals surface area contributed by atoms with Crippen molar-refractivity contribution in [3.63, 3.8) is 0 Å². The number of rotatable bonds is 6. The molecule has 0 radical (unpaired) electrons. The zero-order chi connectivity index (χ0) is 14.6. The van der Waals surface area contributed by atoms with Crippen LogP contribution < -0.4 is 4.72 Å². The van der Waals surface area contributed by atoms with Gasteiger partial charge in [-0.25, -0.2) is 13.1 Å². The summed E-state index contributed by atoms with van der Waals surface area (Å²) in [6.45, 7) is 0.230. The van der Waals surface area contributed by atoms with Gasteiger partial charge >= 0.3 is 0 Å². The van der Waals surface area contributed by atoms with Gasteiger partial charge in [-0.3, -0.25) is 0 Å². The molecule has 2 rings (SSSR count). The molecule has 1 unspecified atom stereocenters. The largest absolute Gasteiger partial charge is 0.383 e. The van der Waals surface area contributed by atoms with Gasteiger partial charge in [0.05, 0.1) is 17.5 Å². The lowest BCUT2D eigenvalue weighted by atomic mass is 10.1. The maximum atomic E-state index is 12.5. The summed E-state index contributed by atoms with van der Waals surface area (Å²) in [5, 5.41) is 1.57. The van der Waals surface area contributed by atoms with E-state index in [9.17, 15) is 8.42 Å². The molecule has 20 heavy (non-hydrogen) atoms. The van der Waals surface area contributed by atoms with Gasteiger partial charge in [-0.1, -0.05) is 36.4 Å². The first-order chi connectivity index (χ1) is 9.58. The Kier molecular flexibility index (Phi) is 4.99. The van der Waals surface area contributed by atoms with E-state index in [-0.39, 0.29) is 17.4 Å². The highest BCUT2D eigenvalue weighted by Crippen LogP contribution is 2.22. The number of alkyl halides is 1. The van der Waals surface area contributed by atoms with Crippen molar-refractivity contribution in [2.24, 2.45) is 0 Å². The first kappa shape index (κ1) is 15.3. The molecule has 0 fully saturated rings. The zero-order valence-corrected chi connectivity index (χ0v) is 12.6. The number of ether oxygens (including phenoxy) is 1. The molecule has 1 N–H and O–H groups in total. The molecule has 0 aliphatic heterocycles. The van der Waals surface area contributed by atoms with E-state index in [1.54, 1.807) is 18.2 Å². The molecule has 0 bridgehead atoms. The second-order valence-corrected chi connectivity index (χ2v) is 6.40. The molecular weight excluding hydrogens is 298 g/mol. The van der Waals surface area contributed by atoms with Crippen LogP contribution in [0.4, 0.5) is 0 Å². The quantitative estimate of drug-likeness (QED) is 0.833. The Morgan fingerprint density at radius 3 is 2.60 bits per heavy atom. The van der Waals surface area contributed by atoms with Crippen molar-refractivity contribution in [2.45, 2.75) is 10.9 Å². The molecule has 0 saturated carbocycles. The molecule has 108 valence electrons. The Morgan fingerprint density at radius 2 is 1.90 bits per heavy atom. The van der Waals surface area contributed by atoms with Gasteiger partial charge in [0.2, 0.25) is 10.0 Å². The fraction of sp³-hybridized carbons (Fsp3) is 0.286. The van der Waals surface area contributed by atoms with Crippen molar-refractivity contribution in [3.8, 4) is 0 Å². The van der Waals surface area contributed by atoms with Crippen LogP contribution in [0.3, 0.4) is 0 Å². The number of sulfonamides is 1. The summed E-state index contributed by atoms with van der Waals surface area (Å²) in [5.74, 6) is 0.151. The van der Waals surface area contributed by atoms with Gasteiger partial charge in [0.15, 0.2) is 0 Å². The van der Waals surface area contributed by atoms with Crippen LogP contribution >= 0.6 is 11.6 Å². The Labute approximate surface area is 123 Å². The van der Waals surface area contributed by atoms with Gasteiger partial charge in [-0.15, -0.1) is 11.6 Å². The van der Waals surface area contributed by atoms with Gasteiger partial charge in [0.25, 0.3) is 0 Å². The molecule has 0 heterocycles. The Balaban J connectivity index is 2.41. The monoisotopic (exact) mass is 313 g/mol. The average molecular weight is 314 g/mol. The van der Waals surface area contributed by atoms with Crippen LogP contribution in [0.1, 0.15) is 0 Å². The van der Waals surface area contributed by atoms with E-state index >= 15 is 0 Å². The van der Waals surface area contributed by atoms with E-state index < -0.39 is 16.1 Å². The number of benzene rings is 2. The van der Waals surface area contributed by atoms with Crippen molar-refractivity contribution < 1.29 is 13.2 Å². The molecular formula is C14H16ClNO3S. The highest BCUT2D eigenvalue weighted by atomic mass is 35.5. The van der Waals surface area contributed by atoms with Crippen LogP contribution in [0.15, 0.2) is 47.4 Å². The van der Waals surface area contributed by atoms with Gasteiger partial charge < -0.3 is 4.74 Å². The minimum absolute atomic E-state index is 0.151. The minimum Gasteiger partial charge on any atom is -0.383 e. The number of methoxy groups -OCH3 is 1. The minimum atomic E-state index is -3.63. The second-order valence-electron chi connectivity index (χ2n) is 4.41. The third-order valence-corrected chi connectivity index (χ3v) is 4.87. The Morgan fingerprint density at radius 1 is 1.20 bits per heavy atom. The lowest BCUT2D eigenvalue weighted by molar-refractivity contribution is 0.181. The van der Waals surface area contributed by atoms with Gasteiger partial charge in [-0.05, 0) is 11.5 Å². The fourth-order valence-corrected chi connectivity index (χ4v) is 3.73. The van der Waals surface area contributed by atoms with Crippen molar-refractivity contribution >= 4 is 32.4 Å². The number of hydrogen-bond donors (Lipinski definition) is 1. The number of halogens is 1. The molecule has 0 saturated heterocycles. The molecule has 6 heteroatoms. The lowest BCUT2D eigenvalue weighted by Gasteiger charge is -2.16. The number of fused-ring (bicyclic) bond motifs is 1. The number of hydrogen-bond acceptors (Lipinski definition) is 3. The highest BCUT2D eigenvalue weighted by Gasteiger charge is 2.21. The third-order valence-electron chi connectivity index (χ3n) is 2.92. The molecule has 0 aromatic heterocycles. The van der Waals surface area contributed by atoms with E-state index in [0.717, 1.165) is 5.39 Å². The topological polar surface area (TPSA) is 55.4 Å². The summed E-state index contributed by atoms with van der Waals surface area (Å²) in [4.78, 5) is 0.252. The fourth-order valence-electron chi connectivity index (χ4n) is 2.02. The molecule has 0 amide bonds. The van der Waals surface area contributed by atoms with Crippen molar-refractivity contribution in [1.82, 2.24) is 4.72 Å². The van der Waals surface area contributed by atoms with E-state index in [1.165, 1.54) is 7.11 Å². The predicted molar refractivity (Wildman–Crippen MR) is 80.7 cm³/mol. The maximum absolute atomic E-state index is 12.5. The zero-order valence-electron chi connectivity index (χ0n) is 11.0. The Bertz CT molecular complexity index is 682. The van der Waals surface area contributed by atoms with Crippen molar-refractivity contribution in [1.29, 1.82) is 0 Å². The molecule has 2 aromatic carbocycles. The van der Waals surface area contributed by atoms with E-state index in [4.69, 9.17) is 16.3 Å². The standard InChI is InChI=1S/C14H16ClNO3S/c1-19-10-12(9-15)16-20(17,18)14-8-4-6-11-5-2-3-7-13(11)14/h2-8,12,16H,9-10H2,1H3. The van der Waals surface area contributed by atoms with E-state index in [0.29, 0.717) is 5.39 Å². The summed E-state index contributed by atoms with van der Waals surface area (Å²) in [7, 11) is -2.13. The van der Waals surface area contributed by atoms with Crippen molar-refractivity contribution in [3.05, 3.63) is 42.5 Å². The summed E-state index contributed by atoms with van der Waals surface area (Å²) >= 11 is 5.75. The van der Waals surface area contributed by atoms with E-state index in [2.05, 4.69) is 4.72 Å². The second kappa shape index (κ2) is 6.54. The van der Waals surface area contributed by atoms with Crippen LogP contribution in [0.25, 0.3) is 10.8 Å². The van der Waals surface area contributed by atoms with Crippen LogP contribution in [-0.4, -0.2) is 34.1 Å². The highest BCUT2D eigenvalue weighted by molar-refractivity contribution is 7.89. The van der Waals surface area contributed by atoms with Gasteiger partial charge in [-0.2, -0.15) is 0 Å². The first-order valence-corrected chi connectivity index (χ1v) is 8.15. The van der Waals surface area contributed by atoms with Crippen molar-refractivity contribution in [2.75, 3.05) is 19.6 Å². The summed E-state index contributed by atoms with van der Waals surface area (Å²) in [6, 6.07) is 12.1. The predicted octanol–water partition coefficient (Wildman–Crippen LogP) is 2.37. The molecule has 0 aliphatic rings. The molecule has 1 atom stereocenters. The smallest absolute Gasteiger partial charge is 0.241 e. The van der Waals surface area contributed by atoms with Crippen LogP contribution in [0, 0.1) is 0 Å². The Hall–Kier alpha value is -1.14. The molecule has 2 aromatic rings. The van der Waals surface area contributed by atoms with E-state index in [1.807, 2.05) is 24.3 Å². The van der Waals surface area contributed by atoms with Gasteiger partial charge in [0, 0.05) is 18.4 Å². The first-order valence-electron chi connectivity index (χ1n) is 6.13. The maximum Gasteiger partial charge on any atom is 0.241 e. The number of nitrogens with one attached hydrogen (secondary N) is 1. The average Bonchev–Trinajstić information content (AvgIpc) is 2.46. The summed E-state index contributed by atoms with van der Waals surface area (Å²) in [6.07, 6.45) is 0. The summed E-state index contributed by atoms with van der Waals surface area (Å²) in [5.41, 5.74) is 0. The van der Waals surface area contributed by atoms with Crippen LogP contribution in [-0.2, 0) is 14.8 Å². The molecule has 0 spiro atoms. The molecule has 4 nitrogen and oxygen atoms in total. The van der Waals surface area contributed by atoms with Crippen LogP contribution in [0.2, 0.25) is 0 Å². The van der Waals surface area contributed by atoms with Crippen LogP contribution in [0.5, 0.6) is 0 Å². The lowest BCUT2D eigenvalue weighted by Crippen LogP contribution is -2.39.